The lowest BCUT2D eigenvalue weighted by atomic mass is 9.90. The van der Waals surface area contributed by atoms with Crippen molar-refractivity contribution < 1.29 is 4.79 Å². The van der Waals surface area contributed by atoms with Crippen LogP contribution in [0.15, 0.2) is 24.3 Å². The highest BCUT2D eigenvalue weighted by atomic mass is 35.5. The molecule has 4 heteroatoms. The number of hydrogen-bond acceptors (Lipinski definition) is 2. The Hall–Kier alpha value is -1.06. The molecule has 0 bridgehead atoms. The monoisotopic (exact) mass is 294 g/mol. The van der Waals surface area contributed by atoms with E-state index in [1.165, 1.54) is 0 Å². The zero-order chi connectivity index (χ0) is 14.6. The van der Waals surface area contributed by atoms with Crippen molar-refractivity contribution in [1.29, 1.82) is 0 Å². The van der Waals surface area contributed by atoms with Gasteiger partial charge in [-0.3, -0.25) is 4.79 Å². The second-order valence-electron chi connectivity index (χ2n) is 5.61. The molecule has 1 heterocycles. The number of carbonyl (C=O) groups is 1. The Kier molecular flexibility index (Phi) is 5.06. The van der Waals surface area contributed by atoms with Crippen LogP contribution in [0.4, 0.5) is 0 Å². The van der Waals surface area contributed by atoms with E-state index in [-0.39, 0.29) is 17.5 Å². The first-order valence-corrected chi connectivity index (χ1v) is 7.76. The second kappa shape index (κ2) is 6.59. The van der Waals surface area contributed by atoms with Gasteiger partial charge in [-0.2, -0.15) is 0 Å². The molecule has 110 valence electrons. The van der Waals surface area contributed by atoms with Crippen molar-refractivity contribution in [1.82, 2.24) is 10.6 Å². The van der Waals surface area contributed by atoms with E-state index in [0.29, 0.717) is 5.02 Å². The molecule has 1 aliphatic heterocycles. The van der Waals surface area contributed by atoms with Crippen molar-refractivity contribution in [3.05, 3.63) is 34.9 Å². The number of carbonyl (C=O) groups excluding carboxylic acids is 1. The van der Waals surface area contributed by atoms with Crippen LogP contribution in [0.5, 0.6) is 0 Å². The van der Waals surface area contributed by atoms with E-state index in [1.807, 2.05) is 31.2 Å². The molecule has 2 N–H and O–H groups in total. The maximum atomic E-state index is 12.6. The van der Waals surface area contributed by atoms with Crippen molar-refractivity contribution in [2.45, 2.75) is 51.1 Å². The van der Waals surface area contributed by atoms with Crippen LogP contribution in [0, 0.1) is 0 Å². The lowest BCUT2D eigenvalue weighted by Crippen LogP contribution is -2.53. The molecule has 1 aromatic rings. The molecule has 0 saturated carbocycles. The van der Waals surface area contributed by atoms with E-state index in [4.69, 9.17) is 11.6 Å². The third-order valence-electron chi connectivity index (χ3n) is 4.05. The Labute approximate surface area is 126 Å². The third-order valence-corrected chi connectivity index (χ3v) is 4.29. The number of benzene rings is 1. The van der Waals surface area contributed by atoms with Gasteiger partial charge in [0.15, 0.2) is 0 Å². The topological polar surface area (TPSA) is 41.1 Å². The van der Waals surface area contributed by atoms with E-state index in [1.54, 1.807) is 0 Å². The number of halogens is 1. The van der Waals surface area contributed by atoms with Crippen LogP contribution in [0.25, 0.3) is 0 Å². The van der Waals surface area contributed by atoms with E-state index in [9.17, 15) is 4.79 Å². The predicted molar refractivity (Wildman–Crippen MR) is 82.9 cm³/mol. The normalized spacial score (nSPS) is 23.6. The third kappa shape index (κ3) is 3.33. The molecular formula is C16H23ClN2O. The van der Waals surface area contributed by atoms with Crippen molar-refractivity contribution in [2.75, 3.05) is 6.54 Å². The molecule has 3 nitrogen and oxygen atoms in total. The van der Waals surface area contributed by atoms with Gasteiger partial charge >= 0.3 is 0 Å². The zero-order valence-corrected chi connectivity index (χ0v) is 13.0. The van der Waals surface area contributed by atoms with E-state index < -0.39 is 0 Å². The van der Waals surface area contributed by atoms with E-state index in [0.717, 1.165) is 37.8 Å². The van der Waals surface area contributed by atoms with Crippen LogP contribution in [0.2, 0.25) is 5.02 Å². The van der Waals surface area contributed by atoms with Crippen molar-refractivity contribution in [2.24, 2.45) is 0 Å². The summed E-state index contributed by atoms with van der Waals surface area (Å²) < 4.78 is 0. The fourth-order valence-corrected chi connectivity index (χ4v) is 3.15. The summed E-state index contributed by atoms with van der Waals surface area (Å²) in [6.45, 7) is 5.05. The number of nitrogens with one attached hydrogen (secondary N) is 2. The molecule has 2 rings (SSSR count). The minimum absolute atomic E-state index is 0.0302. The van der Waals surface area contributed by atoms with Crippen LogP contribution in [0.3, 0.4) is 0 Å². The van der Waals surface area contributed by atoms with Gasteiger partial charge in [-0.1, -0.05) is 37.1 Å². The average molecular weight is 295 g/mol. The lowest BCUT2D eigenvalue weighted by Gasteiger charge is -2.29. The van der Waals surface area contributed by atoms with Crippen LogP contribution in [0.1, 0.15) is 51.1 Å². The Morgan fingerprint density at radius 2 is 2.35 bits per heavy atom. The van der Waals surface area contributed by atoms with Crippen LogP contribution in [-0.2, 0) is 4.79 Å². The smallest absolute Gasteiger partial charge is 0.240 e. The summed E-state index contributed by atoms with van der Waals surface area (Å²) in [6, 6.07) is 7.62. The van der Waals surface area contributed by atoms with Gasteiger partial charge in [-0.15, -0.1) is 0 Å². The number of hydrogen-bond donors (Lipinski definition) is 2. The second-order valence-corrected chi connectivity index (χ2v) is 6.05. The van der Waals surface area contributed by atoms with Crippen molar-refractivity contribution in [3.63, 3.8) is 0 Å². The molecule has 1 aromatic carbocycles. The first-order valence-electron chi connectivity index (χ1n) is 7.39. The number of rotatable bonds is 5. The standard InChI is InChI=1S/C16H23ClN2O/c1-3-8-16(9-5-10-18-16)15(20)19-12(2)13-6-4-7-14(17)11-13/h4,6-7,11-12,18H,3,5,8-10H2,1-2H3,(H,19,20)/t12-,16?/m0/s1. The van der Waals surface area contributed by atoms with Crippen LogP contribution >= 0.6 is 11.6 Å². The summed E-state index contributed by atoms with van der Waals surface area (Å²) in [7, 11) is 0. The summed E-state index contributed by atoms with van der Waals surface area (Å²) >= 11 is 6.00. The fourth-order valence-electron chi connectivity index (χ4n) is 2.95. The highest BCUT2D eigenvalue weighted by molar-refractivity contribution is 6.30. The molecule has 20 heavy (non-hydrogen) atoms. The van der Waals surface area contributed by atoms with Gasteiger partial charge in [0.05, 0.1) is 11.6 Å². The Morgan fingerprint density at radius 3 is 2.95 bits per heavy atom. The fraction of sp³-hybridized carbons (Fsp3) is 0.562. The molecule has 1 aliphatic rings. The molecule has 0 radical (unpaired) electrons. The zero-order valence-electron chi connectivity index (χ0n) is 12.2. The molecule has 1 unspecified atom stereocenters. The molecule has 1 amide bonds. The Morgan fingerprint density at radius 1 is 1.55 bits per heavy atom. The summed E-state index contributed by atoms with van der Waals surface area (Å²) in [6.07, 6.45) is 3.89. The minimum atomic E-state index is -0.373. The first-order chi connectivity index (χ1) is 9.57. The molecule has 1 fully saturated rings. The Bertz CT molecular complexity index is 469. The van der Waals surface area contributed by atoms with E-state index in [2.05, 4.69) is 17.6 Å². The van der Waals surface area contributed by atoms with Gasteiger partial charge in [0.2, 0.25) is 5.91 Å². The average Bonchev–Trinajstić information content (AvgIpc) is 2.89. The van der Waals surface area contributed by atoms with Crippen molar-refractivity contribution in [3.8, 4) is 0 Å². The summed E-state index contributed by atoms with van der Waals surface area (Å²) in [4.78, 5) is 12.6. The van der Waals surface area contributed by atoms with Crippen LogP contribution < -0.4 is 10.6 Å². The lowest BCUT2D eigenvalue weighted by molar-refractivity contribution is -0.128. The molecule has 0 aromatic heterocycles. The molecule has 0 aliphatic carbocycles. The first kappa shape index (κ1) is 15.3. The summed E-state index contributed by atoms with van der Waals surface area (Å²) in [5.74, 6) is 0.115. The predicted octanol–water partition coefficient (Wildman–Crippen LogP) is 3.44. The van der Waals surface area contributed by atoms with Crippen molar-refractivity contribution >= 4 is 17.5 Å². The molecule has 2 atom stereocenters. The maximum Gasteiger partial charge on any atom is 0.240 e. The van der Waals surface area contributed by atoms with Gasteiger partial charge in [0.25, 0.3) is 0 Å². The summed E-state index contributed by atoms with van der Waals surface area (Å²) in [5, 5.41) is 7.23. The van der Waals surface area contributed by atoms with Gasteiger partial charge in [0.1, 0.15) is 0 Å². The molecule has 0 spiro atoms. The quantitative estimate of drug-likeness (QED) is 0.873. The Balaban J connectivity index is 2.06. The van der Waals surface area contributed by atoms with Gasteiger partial charge in [-0.05, 0) is 50.4 Å². The van der Waals surface area contributed by atoms with Gasteiger partial charge in [-0.25, -0.2) is 0 Å². The number of amides is 1. The molecular weight excluding hydrogens is 272 g/mol. The largest absolute Gasteiger partial charge is 0.348 e. The highest BCUT2D eigenvalue weighted by Gasteiger charge is 2.40. The van der Waals surface area contributed by atoms with E-state index >= 15 is 0 Å². The van der Waals surface area contributed by atoms with Crippen LogP contribution in [-0.4, -0.2) is 18.0 Å². The van der Waals surface area contributed by atoms with Gasteiger partial charge in [0, 0.05) is 5.02 Å². The maximum absolute atomic E-state index is 12.6. The summed E-state index contributed by atoms with van der Waals surface area (Å²) in [5.41, 5.74) is 0.664. The molecule has 1 saturated heterocycles. The highest BCUT2D eigenvalue weighted by Crippen LogP contribution is 2.26. The minimum Gasteiger partial charge on any atom is -0.348 e. The van der Waals surface area contributed by atoms with Gasteiger partial charge < -0.3 is 10.6 Å². The SMILES string of the molecule is CCCC1(C(=O)N[C@@H](C)c2cccc(Cl)c2)CCCN1.